The minimum Gasteiger partial charge on any atom is -0.314 e. The van der Waals surface area contributed by atoms with E-state index in [0.29, 0.717) is 0 Å². The third kappa shape index (κ3) is 1.82. The van der Waals surface area contributed by atoms with E-state index < -0.39 is 0 Å². The summed E-state index contributed by atoms with van der Waals surface area (Å²) in [7, 11) is 0. The Morgan fingerprint density at radius 2 is 1.75 bits per heavy atom. The van der Waals surface area contributed by atoms with Gasteiger partial charge >= 0.3 is 0 Å². The SMILES string of the molecule is CC(C)C(C)C1C(C)CNC1C. The summed E-state index contributed by atoms with van der Waals surface area (Å²) in [6.07, 6.45) is 0. The lowest BCUT2D eigenvalue weighted by Crippen LogP contribution is -2.30. The van der Waals surface area contributed by atoms with Gasteiger partial charge in [-0.2, -0.15) is 0 Å². The van der Waals surface area contributed by atoms with Crippen LogP contribution in [0.15, 0.2) is 0 Å². The summed E-state index contributed by atoms with van der Waals surface area (Å²) in [6.45, 7) is 13.0. The molecule has 1 saturated heterocycles. The molecule has 0 amide bonds. The van der Waals surface area contributed by atoms with Crippen molar-refractivity contribution < 1.29 is 0 Å². The van der Waals surface area contributed by atoms with E-state index in [9.17, 15) is 0 Å². The molecule has 0 spiro atoms. The van der Waals surface area contributed by atoms with Gasteiger partial charge in [-0.15, -0.1) is 0 Å². The molecule has 0 aromatic heterocycles. The largest absolute Gasteiger partial charge is 0.314 e. The summed E-state index contributed by atoms with van der Waals surface area (Å²) in [5.41, 5.74) is 0. The van der Waals surface area contributed by atoms with E-state index >= 15 is 0 Å². The smallest absolute Gasteiger partial charge is 0.00727 e. The predicted molar refractivity (Wildman–Crippen MR) is 54.1 cm³/mol. The number of hydrogen-bond donors (Lipinski definition) is 1. The van der Waals surface area contributed by atoms with Crippen molar-refractivity contribution in [3.63, 3.8) is 0 Å². The molecule has 0 radical (unpaired) electrons. The lowest BCUT2D eigenvalue weighted by molar-refractivity contribution is 0.219. The van der Waals surface area contributed by atoms with Crippen LogP contribution in [0.2, 0.25) is 0 Å². The van der Waals surface area contributed by atoms with E-state index in [0.717, 1.165) is 29.7 Å². The molecule has 12 heavy (non-hydrogen) atoms. The van der Waals surface area contributed by atoms with E-state index in [-0.39, 0.29) is 0 Å². The highest BCUT2D eigenvalue weighted by Gasteiger charge is 2.34. The summed E-state index contributed by atoms with van der Waals surface area (Å²) in [5, 5.41) is 3.56. The van der Waals surface area contributed by atoms with Crippen LogP contribution >= 0.6 is 0 Å². The zero-order chi connectivity index (χ0) is 9.30. The van der Waals surface area contributed by atoms with Crippen molar-refractivity contribution in [2.24, 2.45) is 23.7 Å². The Hall–Kier alpha value is -0.0400. The van der Waals surface area contributed by atoms with Crippen molar-refractivity contribution in [2.75, 3.05) is 6.54 Å². The Bertz CT molecular complexity index is 132. The van der Waals surface area contributed by atoms with Gasteiger partial charge in [0.25, 0.3) is 0 Å². The van der Waals surface area contributed by atoms with Crippen molar-refractivity contribution in [2.45, 2.75) is 40.7 Å². The molecule has 1 N–H and O–H groups in total. The van der Waals surface area contributed by atoms with Crippen LogP contribution in [0.5, 0.6) is 0 Å². The molecule has 0 aromatic rings. The molecule has 4 atom stereocenters. The molecule has 1 nitrogen and oxygen atoms in total. The molecule has 1 rings (SSSR count). The molecule has 0 aromatic carbocycles. The van der Waals surface area contributed by atoms with Gasteiger partial charge in [0.2, 0.25) is 0 Å². The third-order valence-corrected chi connectivity index (χ3v) is 3.65. The van der Waals surface area contributed by atoms with Gasteiger partial charge in [0, 0.05) is 6.04 Å². The first kappa shape index (κ1) is 10.0. The molecular weight excluding hydrogens is 146 g/mol. The first-order valence-electron chi connectivity index (χ1n) is 5.27. The molecule has 0 bridgehead atoms. The maximum Gasteiger partial charge on any atom is 0.00727 e. The highest BCUT2D eigenvalue weighted by Crippen LogP contribution is 2.33. The second-order valence-corrected chi connectivity index (χ2v) is 4.85. The highest BCUT2D eigenvalue weighted by atomic mass is 15.0. The Kier molecular flexibility index (Phi) is 3.16. The maximum absolute atomic E-state index is 3.56. The summed E-state index contributed by atoms with van der Waals surface area (Å²) < 4.78 is 0. The van der Waals surface area contributed by atoms with Crippen LogP contribution in [0.1, 0.15) is 34.6 Å². The average molecular weight is 169 g/mol. The van der Waals surface area contributed by atoms with Crippen LogP contribution in [-0.2, 0) is 0 Å². The summed E-state index contributed by atoms with van der Waals surface area (Å²) in [4.78, 5) is 0. The fraction of sp³-hybridized carbons (Fsp3) is 1.00. The molecule has 0 saturated carbocycles. The van der Waals surface area contributed by atoms with Crippen molar-refractivity contribution >= 4 is 0 Å². The molecule has 1 heterocycles. The second-order valence-electron chi connectivity index (χ2n) is 4.85. The van der Waals surface area contributed by atoms with Crippen LogP contribution in [-0.4, -0.2) is 12.6 Å². The topological polar surface area (TPSA) is 12.0 Å². The number of nitrogens with one attached hydrogen (secondary N) is 1. The molecule has 0 aliphatic carbocycles. The third-order valence-electron chi connectivity index (χ3n) is 3.65. The van der Waals surface area contributed by atoms with E-state index in [1.54, 1.807) is 0 Å². The van der Waals surface area contributed by atoms with Gasteiger partial charge in [-0.3, -0.25) is 0 Å². The summed E-state index contributed by atoms with van der Waals surface area (Å²) in [5.74, 6) is 3.41. The molecule has 1 fully saturated rings. The van der Waals surface area contributed by atoms with Crippen LogP contribution in [0.25, 0.3) is 0 Å². The van der Waals surface area contributed by atoms with Crippen molar-refractivity contribution in [3.8, 4) is 0 Å². The van der Waals surface area contributed by atoms with Crippen LogP contribution in [0.4, 0.5) is 0 Å². The quantitative estimate of drug-likeness (QED) is 0.670. The van der Waals surface area contributed by atoms with Gasteiger partial charge in [-0.1, -0.05) is 27.7 Å². The van der Waals surface area contributed by atoms with Gasteiger partial charge in [0.15, 0.2) is 0 Å². The average Bonchev–Trinajstić information content (AvgIpc) is 2.30. The van der Waals surface area contributed by atoms with Gasteiger partial charge < -0.3 is 5.32 Å². The van der Waals surface area contributed by atoms with Crippen molar-refractivity contribution in [3.05, 3.63) is 0 Å². The van der Waals surface area contributed by atoms with Crippen LogP contribution in [0.3, 0.4) is 0 Å². The lowest BCUT2D eigenvalue weighted by atomic mass is 9.77. The standard InChI is InChI=1S/C11H23N/c1-7(2)9(4)11-8(3)6-12-10(11)5/h7-12H,6H2,1-5H3. The molecule has 1 aliphatic rings. The van der Waals surface area contributed by atoms with Gasteiger partial charge in [0.1, 0.15) is 0 Å². The Morgan fingerprint density at radius 3 is 2.08 bits per heavy atom. The zero-order valence-electron chi connectivity index (χ0n) is 9.09. The Labute approximate surface area is 76.9 Å². The fourth-order valence-electron chi connectivity index (χ4n) is 2.55. The molecular formula is C11H23N. The highest BCUT2D eigenvalue weighted by molar-refractivity contribution is 4.89. The van der Waals surface area contributed by atoms with E-state index in [1.165, 1.54) is 6.54 Å². The Balaban J connectivity index is 2.59. The van der Waals surface area contributed by atoms with Crippen LogP contribution < -0.4 is 5.32 Å². The van der Waals surface area contributed by atoms with Crippen molar-refractivity contribution in [1.82, 2.24) is 5.32 Å². The first-order valence-corrected chi connectivity index (χ1v) is 5.27. The second kappa shape index (κ2) is 3.78. The normalized spacial score (nSPS) is 39.0. The summed E-state index contributed by atoms with van der Waals surface area (Å²) >= 11 is 0. The maximum atomic E-state index is 3.56. The Morgan fingerprint density at radius 1 is 1.17 bits per heavy atom. The number of rotatable bonds is 2. The summed E-state index contributed by atoms with van der Waals surface area (Å²) in [6, 6.07) is 0.720. The molecule has 1 aliphatic heterocycles. The minimum absolute atomic E-state index is 0.720. The lowest BCUT2D eigenvalue weighted by Gasteiger charge is -2.29. The fourth-order valence-corrected chi connectivity index (χ4v) is 2.55. The zero-order valence-corrected chi connectivity index (χ0v) is 9.09. The van der Waals surface area contributed by atoms with Gasteiger partial charge in [-0.05, 0) is 37.1 Å². The molecule has 1 heteroatoms. The van der Waals surface area contributed by atoms with Crippen molar-refractivity contribution in [1.29, 1.82) is 0 Å². The van der Waals surface area contributed by atoms with E-state index in [4.69, 9.17) is 0 Å². The number of hydrogen-bond acceptors (Lipinski definition) is 1. The van der Waals surface area contributed by atoms with Crippen LogP contribution in [0, 0.1) is 23.7 Å². The predicted octanol–water partition coefficient (Wildman–Crippen LogP) is 2.52. The van der Waals surface area contributed by atoms with Gasteiger partial charge in [0.05, 0.1) is 0 Å². The van der Waals surface area contributed by atoms with Gasteiger partial charge in [-0.25, -0.2) is 0 Å². The van der Waals surface area contributed by atoms with E-state index in [2.05, 4.69) is 39.9 Å². The monoisotopic (exact) mass is 169 g/mol. The molecule has 72 valence electrons. The van der Waals surface area contributed by atoms with E-state index in [1.807, 2.05) is 0 Å². The molecule has 4 unspecified atom stereocenters. The minimum atomic E-state index is 0.720. The first-order chi connectivity index (χ1) is 5.54.